The van der Waals surface area contributed by atoms with Crippen LogP contribution in [0.25, 0.3) is 0 Å². The Labute approximate surface area is 140 Å². The van der Waals surface area contributed by atoms with E-state index in [4.69, 9.17) is 0 Å². The second-order valence-electron chi connectivity index (χ2n) is 10.9. The molecule has 0 aliphatic heterocycles. The van der Waals surface area contributed by atoms with E-state index < -0.39 is 0 Å². The largest absolute Gasteiger partial charge is 0.0622 e. The molecule has 0 radical (unpaired) electrons. The molecule has 2 aliphatic rings. The molecule has 2 rings (SSSR count). The standard InChI is InChI=1S/C22H42/c1-15-11-9-13-17(21(3,4)5)19(15)20-16(2)12-10-14-18(20)22(6,7)8/h15-20H,9-14H2,1-8H3/t15?,16?,17-,18-,19?,20?/m1/s1. The van der Waals surface area contributed by atoms with Gasteiger partial charge in [0.05, 0.1) is 0 Å². The van der Waals surface area contributed by atoms with Crippen molar-refractivity contribution in [2.24, 2.45) is 46.3 Å². The van der Waals surface area contributed by atoms with Gasteiger partial charge < -0.3 is 0 Å². The molecule has 2 aliphatic carbocycles. The maximum absolute atomic E-state index is 2.57. The van der Waals surface area contributed by atoms with Crippen molar-refractivity contribution >= 4 is 0 Å². The normalized spacial score (nSPS) is 41.5. The molecule has 0 bridgehead atoms. The highest BCUT2D eigenvalue weighted by Gasteiger charge is 2.48. The van der Waals surface area contributed by atoms with Crippen LogP contribution in [0.5, 0.6) is 0 Å². The quantitative estimate of drug-likeness (QED) is 0.481. The van der Waals surface area contributed by atoms with Crippen LogP contribution in [0, 0.1) is 46.3 Å². The number of rotatable bonds is 1. The summed E-state index contributed by atoms with van der Waals surface area (Å²) in [5, 5.41) is 0. The van der Waals surface area contributed by atoms with Gasteiger partial charge in [-0.05, 0) is 59.2 Å². The Bertz CT molecular complexity index is 317. The van der Waals surface area contributed by atoms with Crippen molar-refractivity contribution in [3.8, 4) is 0 Å². The zero-order chi connectivity index (χ0) is 16.7. The molecule has 0 heterocycles. The van der Waals surface area contributed by atoms with Crippen LogP contribution in [-0.4, -0.2) is 0 Å². The van der Waals surface area contributed by atoms with Gasteiger partial charge in [-0.25, -0.2) is 0 Å². The summed E-state index contributed by atoms with van der Waals surface area (Å²) in [4.78, 5) is 0. The lowest BCUT2D eigenvalue weighted by molar-refractivity contribution is -0.0594. The molecule has 0 spiro atoms. The van der Waals surface area contributed by atoms with Crippen LogP contribution < -0.4 is 0 Å². The van der Waals surface area contributed by atoms with Gasteiger partial charge in [0.2, 0.25) is 0 Å². The number of hydrogen-bond acceptors (Lipinski definition) is 0. The third-order valence-electron chi connectivity index (χ3n) is 7.26. The predicted molar refractivity (Wildman–Crippen MR) is 98.9 cm³/mol. The van der Waals surface area contributed by atoms with Gasteiger partial charge in [0.1, 0.15) is 0 Å². The molecule has 4 unspecified atom stereocenters. The van der Waals surface area contributed by atoms with Crippen molar-refractivity contribution in [2.75, 3.05) is 0 Å². The minimum atomic E-state index is 0.471. The molecule has 6 atom stereocenters. The molecule has 2 saturated carbocycles. The fourth-order valence-corrected chi connectivity index (χ4v) is 6.20. The van der Waals surface area contributed by atoms with Gasteiger partial charge in [-0.15, -0.1) is 0 Å². The average Bonchev–Trinajstić information content (AvgIpc) is 2.36. The maximum Gasteiger partial charge on any atom is -0.0321 e. The summed E-state index contributed by atoms with van der Waals surface area (Å²) in [6.07, 6.45) is 8.80. The molecule has 0 aromatic rings. The Hall–Kier alpha value is 0. The zero-order valence-corrected chi connectivity index (χ0v) is 16.7. The van der Waals surface area contributed by atoms with Crippen LogP contribution in [-0.2, 0) is 0 Å². The van der Waals surface area contributed by atoms with E-state index in [-0.39, 0.29) is 0 Å². The van der Waals surface area contributed by atoms with Crippen LogP contribution >= 0.6 is 0 Å². The smallest absolute Gasteiger partial charge is 0.0321 e. The lowest BCUT2D eigenvalue weighted by Crippen LogP contribution is -2.48. The van der Waals surface area contributed by atoms with Crippen LogP contribution in [0.1, 0.15) is 93.9 Å². The molecule has 0 heteroatoms. The maximum atomic E-state index is 2.57. The summed E-state index contributed by atoms with van der Waals surface area (Å²) < 4.78 is 0. The minimum Gasteiger partial charge on any atom is -0.0622 e. The van der Waals surface area contributed by atoms with Gasteiger partial charge >= 0.3 is 0 Å². The first kappa shape index (κ1) is 18.3. The molecular formula is C22H42. The highest BCUT2D eigenvalue weighted by atomic mass is 14.5. The lowest BCUT2D eigenvalue weighted by atomic mass is 9.50. The molecule has 0 nitrogen and oxygen atoms in total. The first-order valence-electron chi connectivity index (χ1n) is 10.0. The molecule has 0 aromatic carbocycles. The van der Waals surface area contributed by atoms with Crippen molar-refractivity contribution in [1.29, 1.82) is 0 Å². The summed E-state index contributed by atoms with van der Waals surface area (Å²) in [5.74, 6) is 5.60. The lowest BCUT2D eigenvalue weighted by Gasteiger charge is -2.55. The molecule has 0 saturated heterocycles. The molecule has 130 valence electrons. The van der Waals surface area contributed by atoms with Crippen LogP contribution in [0.15, 0.2) is 0 Å². The second-order valence-corrected chi connectivity index (χ2v) is 10.9. The Morgan fingerprint density at radius 3 is 1.14 bits per heavy atom. The van der Waals surface area contributed by atoms with Gasteiger partial charge in [-0.2, -0.15) is 0 Å². The average molecular weight is 307 g/mol. The number of hydrogen-bond donors (Lipinski definition) is 0. The van der Waals surface area contributed by atoms with Crippen molar-refractivity contribution in [1.82, 2.24) is 0 Å². The third-order valence-corrected chi connectivity index (χ3v) is 7.26. The van der Waals surface area contributed by atoms with E-state index in [1.807, 2.05) is 0 Å². The van der Waals surface area contributed by atoms with Crippen molar-refractivity contribution in [3.05, 3.63) is 0 Å². The first-order valence-corrected chi connectivity index (χ1v) is 10.0. The summed E-state index contributed by atoms with van der Waals surface area (Å²) in [6, 6.07) is 0. The summed E-state index contributed by atoms with van der Waals surface area (Å²) in [5.41, 5.74) is 0.942. The van der Waals surface area contributed by atoms with Gasteiger partial charge in [0.25, 0.3) is 0 Å². The minimum absolute atomic E-state index is 0.471. The van der Waals surface area contributed by atoms with E-state index in [0.717, 1.165) is 35.5 Å². The van der Waals surface area contributed by atoms with E-state index in [1.165, 1.54) is 38.5 Å². The molecular weight excluding hydrogens is 264 g/mol. The summed E-state index contributed by atoms with van der Waals surface area (Å²) in [6.45, 7) is 20.2. The van der Waals surface area contributed by atoms with Gasteiger partial charge in [0, 0.05) is 0 Å². The van der Waals surface area contributed by atoms with Gasteiger partial charge in [-0.1, -0.05) is 81.1 Å². The van der Waals surface area contributed by atoms with Crippen LogP contribution in [0.3, 0.4) is 0 Å². The highest BCUT2D eigenvalue weighted by molar-refractivity contribution is 4.97. The Balaban J connectivity index is 2.37. The van der Waals surface area contributed by atoms with Crippen molar-refractivity contribution in [3.63, 3.8) is 0 Å². The molecule has 0 N–H and O–H groups in total. The van der Waals surface area contributed by atoms with Crippen molar-refractivity contribution < 1.29 is 0 Å². The van der Waals surface area contributed by atoms with Gasteiger partial charge in [-0.3, -0.25) is 0 Å². The SMILES string of the molecule is CC1CCC[C@@H](C(C)(C)C)C1C1C(C)CCC[C@H]1C(C)(C)C. The predicted octanol–water partition coefficient (Wildman–Crippen LogP) is 7.18. The van der Waals surface area contributed by atoms with E-state index in [9.17, 15) is 0 Å². The highest BCUT2D eigenvalue weighted by Crippen LogP contribution is 2.56. The van der Waals surface area contributed by atoms with Crippen LogP contribution in [0.4, 0.5) is 0 Å². The molecule has 2 fully saturated rings. The third kappa shape index (κ3) is 3.73. The molecule has 0 aromatic heterocycles. The van der Waals surface area contributed by atoms with E-state index >= 15 is 0 Å². The zero-order valence-electron chi connectivity index (χ0n) is 16.7. The first-order chi connectivity index (χ1) is 10.0. The Morgan fingerprint density at radius 2 is 0.864 bits per heavy atom. The Morgan fingerprint density at radius 1 is 0.545 bits per heavy atom. The monoisotopic (exact) mass is 306 g/mol. The topological polar surface area (TPSA) is 0 Å². The molecule has 0 amide bonds. The summed E-state index contributed by atoms with van der Waals surface area (Å²) in [7, 11) is 0. The Kier molecular flexibility index (Phi) is 5.40. The fourth-order valence-electron chi connectivity index (χ4n) is 6.20. The van der Waals surface area contributed by atoms with Gasteiger partial charge in [0.15, 0.2) is 0 Å². The van der Waals surface area contributed by atoms with E-state index in [1.54, 1.807) is 0 Å². The fraction of sp³-hybridized carbons (Fsp3) is 1.00. The molecule has 22 heavy (non-hydrogen) atoms. The van der Waals surface area contributed by atoms with E-state index in [0.29, 0.717) is 10.8 Å². The van der Waals surface area contributed by atoms with Crippen molar-refractivity contribution in [2.45, 2.75) is 93.9 Å². The summed E-state index contributed by atoms with van der Waals surface area (Å²) >= 11 is 0. The van der Waals surface area contributed by atoms with E-state index in [2.05, 4.69) is 55.4 Å². The van der Waals surface area contributed by atoms with Crippen LogP contribution in [0.2, 0.25) is 0 Å². The second kappa shape index (κ2) is 6.48.